The maximum Gasteiger partial charge on any atom is 0.407 e. The van der Waals surface area contributed by atoms with E-state index in [1.165, 1.54) is 14.2 Å². The highest BCUT2D eigenvalue weighted by Crippen LogP contribution is 2.37. The molecule has 0 bridgehead atoms. The first-order valence-corrected chi connectivity index (χ1v) is 18.1. The molecule has 276 valence electrons. The van der Waals surface area contributed by atoms with Crippen LogP contribution >= 0.6 is 0 Å². The van der Waals surface area contributed by atoms with Crippen LogP contribution in [0, 0.1) is 11.8 Å². The van der Waals surface area contributed by atoms with E-state index in [-0.39, 0.29) is 35.7 Å². The number of imidazole rings is 1. The van der Waals surface area contributed by atoms with Gasteiger partial charge in [0.1, 0.15) is 17.9 Å². The topological polar surface area (TPSA) is 158 Å². The Morgan fingerprint density at radius 1 is 0.769 bits per heavy atom. The lowest BCUT2D eigenvalue weighted by molar-refractivity contribution is -0.135. The molecule has 52 heavy (non-hydrogen) atoms. The van der Waals surface area contributed by atoms with Crippen molar-refractivity contribution in [2.75, 3.05) is 27.3 Å². The van der Waals surface area contributed by atoms with Gasteiger partial charge in [-0.2, -0.15) is 0 Å². The number of nitrogens with one attached hydrogen (secondary N) is 3. The van der Waals surface area contributed by atoms with Gasteiger partial charge in [0, 0.05) is 25.2 Å². The number of hydrogen-bond donors (Lipinski definition) is 3. The minimum absolute atomic E-state index is 0.0889. The summed E-state index contributed by atoms with van der Waals surface area (Å²) in [4.78, 5) is 67.9. The van der Waals surface area contributed by atoms with Crippen LogP contribution in [0.5, 0.6) is 0 Å². The summed E-state index contributed by atoms with van der Waals surface area (Å²) in [5.74, 6) is 0.284. The first kappa shape index (κ1) is 36.6. The second-order valence-electron chi connectivity index (χ2n) is 14.5. The molecule has 3 aromatic rings. The number of fused-ring (bicyclic) bond motifs is 1. The molecule has 2 aromatic carbocycles. The van der Waals surface area contributed by atoms with E-state index in [1.807, 2.05) is 32.6 Å². The number of carbonyl (C=O) groups is 4. The molecule has 13 nitrogen and oxygen atoms in total. The van der Waals surface area contributed by atoms with Gasteiger partial charge in [-0.1, -0.05) is 64.1 Å². The summed E-state index contributed by atoms with van der Waals surface area (Å²) in [7, 11) is 2.59. The van der Waals surface area contributed by atoms with Gasteiger partial charge >= 0.3 is 12.2 Å². The lowest BCUT2D eigenvalue weighted by Gasteiger charge is -2.30. The van der Waals surface area contributed by atoms with Crippen LogP contribution in [0.25, 0.3) is 22.4 Å². The Kier molecular flexibility index (Phi) is 11.0. The summed E-state index contributed by atoms with van der Waals surface area (Å²) in [6.07, 6.45) is 4.60. The molecule has 2 fully saturated rings. The van der Waals surface area contributed by atoms with Crippen LogP contribution in [0.3, 0.4) is 0 Å². The molecule has 3 N–H and O–H groups in total. The molecule has 6 rings (SSSR count). The van der Waals surface area contributed by atoms with Gasteiger partial charge < -0.3 is 34.9 Å². The predicted molar refractivity (Wildman–Crippen MR) is 197 cm³/mol. The lowest BCUT2D eigenvalue weighted by Crippen LogP contribution is -2.53. The number of carbonyl (C=O) groups excluding carboxylic acids is 4. The zero-order valence-corrected chi connectivity index (χ0v) is 30.8. The Labute approximate surface area is 304 Å². The normalized spacial score (nSPS) is 19.3. The van der Waals surface area contributed by atoms with Crippen LogP contribution in [0.2, 0.25) is 0 Å². The lowest BCUT2D eigenvalue weighted by atomic mass is 9.98. The van der Waals surface area contributed by atoms with E-state index in [9.17, 15) is 19.2 Å². The van der Waals surface area contributed by atoms with E-state index < -0.39 is 24.3 Å². The Balaban J connectivity index is 1.14. The number of aliphatic imine (C=N–C) groups is 1. The Bertz CT molecular complexity index is 1830. The third-order valence-electron chi connectivity index (χ3n) is 10.4. The monoisotopic (exact) mass is 711 g/mol. The van der Waals surface area contributed by atoms with Crippen LogP contribution < -0.4 is 10.6 Å². The minimum atomic E-state index is -0.688. The number of methoxy groups -OCH3 is 2. The average molecular weight is 712 g/mol. The van der Waals surface area contributed by atoms with Crippen molar-refractivity contribution in [2.24, 2.45) is 16.8 Å². The van der Waals surface area contributed by atoms with E-state index in [0.29, 0.717) is 19.5 Å². The van der Waals surface area contributed by atoms with Crippen molar-refractivity contribution in [1.82, 2.24) is 30.4 Å². The van der Waals surface area contributed by atoms with Crippen molar-refractivity contribution in [3.05, 3.63) is 60.0 Å². The highest BCUT2D eigenvalue weighted by atomic mass is 16.5. The van der Waals surface area contributed by atoms with Crippen LogP contribution in [0.15, 0.2) is 53.7 Å². The summed E-state index contributed by atoms with van der Waals surface area (Å²) in [6.45, 7) is 8.85. The molecule has 3 aliphatic heterocycles. The summed E-state index contributed by atoms with van der Waals surface area (Å²) in [5.41, 5.74) is 6.95. The van der Waals surface area contributed by atoms with Crippen LogP contribution in [-0.4, -0.2) is 94.9 Å². The van der Waals surface area contributed by atoms with Crippen molar-refractivity contribution >= 4 is 35.4 Å². The predicted octanol–water partition coefficient (Wildman–Crippen LogP) is 5.79. The summed E-state index contributed by atoms with van der Waals surface area (Å²) < 4.78 is 9.52. The number of nitrogens with zero attached hydrogens (tertiary/aromatic N) is 4. The van der Waals surface area contributed by atoms with Crippen LogP contribution in [0.1, 0.15) is 70.8 Å². The molecule has 0 saturated carbocycles. The zero-order valence-electron chi connectivity index (χ0n) is 30.8. The number of aromatic nitrogens is 2. The van der Waals surface area contributed by atoms with Gasteiger partial charge in [0.15, 0.2) is 0 Å². The van der Waals surface area contributed by atoms with Crippen molar-refractivity contribution in [1.29, 1.82) is 0 Å². The number of hydrogen-bond acceptors (Lipinski definition) is 8. The van der Waals surface area contributed by atoms with E-state index in [2.05, 4.69) is 63.1 Å². The fourth-order valence-electron chi connectivity index (χ4n) is 7.52. The van der Waals surface area contributed by atoms with Crippen molar-refractivity contribution in [2.45, 2.75) is 84.0 Å². The average Bonchev–Trinajstić information content (AvgIpc) is 3.97. The standard InChI is InChI=1S/C39H49N7O6/c1-22(2)33(43-38(49)51-5)36(47)45-17-7-9-31(45)29-20-27-16-15-26(19-28(27)41-29)24-11-13-25(14-12-24)30-21-40-35(42-30)32-10-8-18-46(32)37(48)34(23(3)4)44-39(50)52-6/h11-16,19,21-23,31-34H,7-10,17-18,20H2,1-6H3,(H,40,42)(H,43,49)(H,44,50)/t31-,32-,33-,34-/m0/s1. The Hall–Kier alpha value is -5.20. The number of amides is 4. The first-order chi connectivity index (χ1) is 25.0. The molecule has 2 saturated heterocycles. The molecule has 4 atom stereocenters. The van der Waals surface area contributed by atoms with Gasteiger partial charge in [-0.3, -0.25) is 14.6 Å². The smallest absolute Gasteiger partial charge is 0.407 e. The summed E-state index contributed by atoms with van der Waals surface area (Å²) in [6, 6.07) is 12.9. The number of ether oxygens (including phenoxy) is 2. The van der Waals surface area contributed by atoms with E-state index in [1.54, 1.807) is 11.1 Å². The third kappa shape index (κ3) is 7.54. The van der Waals surface area contributed by atoms with Crippen molar-refractivity contribution < 1.29 is 28.7 Å². The molecule has 4 amide bonds. The molecule has 4 heterocycles. The molecule has 0 unspecified atom stereocenters. The van der Waals surface area contributed by atoms with Gasteiger partial charge in [-0.15, -0.1) is 0 Å². The van der Waals surface area contributed by atoms with Crippen LogP contribution in [-0.2, 0) is 25.5 Å². The zero-order chi connectivity index (χ0) is 37.1. The maximum absolute atomic E-state index is 13.6. The second kappa shape index (κ2) is 15.6. The first-order valence-electron chi connectivity index (χ1n) is 18.1. The minimum Gasteiger partial charge on any atom is -0.453 e. The van der Waals surface area contributed by atoms with E-state index in [0.717, 1.165) is 70.9 Å². The number of likely N-dealkylation sites (tertiary alicyclic amines) is 2. The molecule has 0 radical (unpaired) electrons. The van der Waals surface area contributed by atoms with E-state index in [4.69, 9.17) is 14.5 Å². The van der Waals surface area contributed by atoms with E-state index >= 15 is 0 Å². The van der Waals surface area contributed by atoms with Gasteiger partial charge in [0.05, 0.1) is 43.9 Å². The summed E-state index contributed by atoms with van der Waals surface area (Å²) >= 11 is 0. The van der Waals surface area contributed by atoms with Gasteiger partial charge in [0.2, 0.25) is 11.8 Å². The largest absolute Gasteiger partial charge is 0.453 e. The number of rotatable bonds is 10. The van der Waals surface area contributed by atoms with Gasteiger partial charge in [-0.05, 0) is 65.8 Å². The molecule has 0 spiro atoms. The number of benzene rings is 2. The Morgan fingerprint density at radius 3 is 1.88 bits per heavy atom. The molecule has 0 aliphatic carbocycles. The van der Waals surface area contributed by atoms with Gasteiger partial charge in [0.25, 0.3) is 0 Å². The highest BCUT2D eigenvalue weighted by molar-refractivity contribution is 6.01. The molecule has 3 aliphatic rings. The quantitative estimate of drug-likeness (QED) is 0.240. The Morgan fingerprint density at radius 2 is 1.31 bits per heavy atom. The fourth-order valence-corrected chi connectivity index (χ4v) is 7.52. The SMILES string of the molecule is COC(=O)N[C@H](C(=O)N1CCC[C@H]1C1=Nc2cc(-c3ccc(-c4cnc([C@@H]5CCCN5C(=O)[C@@H](NC(=O)OC)C(C)C)[nH]4)cc3)ccc2C1)C(C)C. The fraction of sp³-hybridized carbons (Fsp3) is 0.487. The molecule has 13 heteroatoms. The van der Waals surface area contributed by atoms with Crippen molar-refractivity contribution in [3.8, 4) is 22.4 Å². The number of H-pyrrole nitrogens is 1. The second-order valence-corrected chi connectivity index (χ2v) is 14.5. The van der Waals surface area contributed by atoms with Gasteiger partial charge in [-0.25, -0.2) is 14.6 Å². The van der Waals surface area contributed by atoms with Crippen molar-refractivity contribution in [3.63, 3.8) is 0 Å². The summed E-state index contributed by atoms with van der Waals surface area (Å²) in [5, 5.41) is 5.41. The third-order valence-corrected chi connectivity index (χ3v) is 10.4. The van der Waals surface area contributed by atoms with Crippen LogP contribution in [0.4, 0.5) is 15.3 Å². The molecule has 1 aromatic heterocycles. The maximum atomic E-state index is 13.6. The molecular formula is C39H49N7O6. The number of aromatic amines is 1. The molecular weight excluding hydrogens is 662 g/mol. The number of alkyl carbamates (subject to hydrolysis) is 2. The highest BCUT2D eigenvalue weighted by Gasteiger charge is 2.39.